The van der Waals surface area contributed by atoms with Crippen molar-refractivity contribution >= 4 is 5.91 Å². The van der Waals surface area contributed by atoms with Gasteiger partial charge in [-0.15, -0.1) is 0 Å². The van der Waals surface area contributed by atoms with Crippen LogP contribution in [0.2, 0.25) is 0 Å². The van der Waals surface area contributed by atoms with Crippen molar-refractivity contribution in [2.45, 2.75) is 18.9 Å². The van der Waals surface area contributed by atoms with Gasteiger partial charge in [0.05, 0.1) is 11.8 Å². The molecule has 0 N–H and O–H groups in total. The van der Waals surface area contributed by atoms with Gasteiger partial charge in [0.25, 0.3) is 5.91 Å². The minimum atomic E-state index is -0.557. The first-order valence-electron chi connectivity index (χ1n) is 6.15. The number of amides is 1. The van der Waals surface area contributed by atoms with Crippen molar-refractivity contribution < 1.29 is 9.18 Å². The monoisotopic (exact) mass is 251 g/mol. The molecule has 1 aliphatic rings. The van der Waals surface area contributed by atoms with Crippen LogP contribution in [0, 0.1) is 5.82 Å². The third-order valence-electron chi connectivity index (χ3n) is 3.47. The Morgan fingerprint density at radius 1 is 1.61 bits per heavy atom. The molecular weight excluding hydrogens is 233 g/mol. The normalized spacial score (nSPS) is 20.7. The molecule has 1 saturated heterocycles. The molecule has 0 saturated carbocycles. The quantitative estimate of drug-likeness (QED) is 0.797. The van der Waals surface area contributed by atoms with Gasteiger partial charge in [-0.25, -0.2) is 4.39 Å². The second-order valence-corrected chi connectivity index (χ2v) is 4.83. The van der Waals surface area contributed by atoms with Crippen molar-refractivity contribution in [1.82, 2.24) is 14.8 Å². The summed E-state index contributed by atoms with van der Waals surface area (Å²) in [5, 5.41) is 0. The Hall–Kier alpha value is -1.49. The number of carbonyl (C=O) groups is 1. The number of nitrogens with zero attached hydrogens (tertiary/aromatic N) is 3. The maximum absolute atomic E-state index is 13.5. The van der Waals surface area contributed by atoms with Gasteiger partial charge in [0.15, 0.2) is 5.82 Å². The molecule has 0 spiro atoms. The summed E-state index contributed by atoms with van der Waals surface area (Å²) in [5.74, 6) is -0.825. The van der Waals surface area contributed by atoms with Crippen LogP contribution in [0.5, 0.6) is 0 Å². The van der Waals surface area contributed by atoms with Crippen LogP contribution in [0.4, 0.5) is 4.39 Å². The van der Waals surface area contributed by atoms with E-state index in [1.54, 1.807) is 11.9 Å². The van der Waals surface area contributed by atoms with Gasteiger partial charge in [0, 0.05) is 25.8 Å². The number of halogens is 1. The second-order valence-electron chi connectivity index (χ2n) is 4.83. The molecule has 0 bridgehead atoms. The smallest absolute Gasteiger partial charge is 0.256 e. The minimum Gasteiger partial charge on any atom is -0.337 e. The summed E-state index contributed by atoms with van der Waals surface area (Å²) in [5.41, 5.74) is 0.0979. The van der Waals surface area contributed by atoms with Gasteiger partial charge in [-0.1, -0.05) is 0 Å². The molecular formula is C13H18FN3O. The number of piperidine rings is 1. The van der Waals surface area contributed by atoms with E-state index in [1.165, 1.54) is 12.3 Å². The van der Waals surface area contributed by atoms with E-state index in [-0.39, 0.29) is 17.5 Å². The summed E-state index contributed by atoms with van der Waals surface area (Å²) < 4.78 is 13.5. The SMILES string of the molecule is CN1CCCC(N(C)C(=O)c2ccncc2F)C1. The van der Waals surface area contributed by atoms with E-state index in [1.807, 2.05) is 7.05 Å². The summed E-state index contributed by atoms with van der Waals surface area (Å²) in [7, 11) is 3.78. The predicted octanol–water partition coefficient (Wildman–Crippen LogP) is 1.39. The lowest BCUT2D eigenvalue weighted by atomic mass is 10.0. The van der Waals surface area contributed by atoms with Crippen molar-refractivity contribution in [3.63, 3.8) is 0 Å². The van der Waals surface area contributed by atoms with Gasteiger partial charge < -0.3 is 9.80 Å². The molecule has 1 amide bonds. The van der Waals surface area contributed by atoms with Gasteiger partial charge >= 0.3 is 0 Å². The van der Waals surface area contributed by atoms with Crippen LogP contribution >= 0.6 is 0 Å². The molecule has 1 fully saturated rings. The van der Waals surface area contributed by atoms with Gasteiger partial charge in [-0.3, -0.25) is 9.78 Å². The zero-order chi connectivity index (χ0) is 13.1. The Labute approximate surface area is 106 Å². The third-order valence-corrected chi connectivity index (χ3v) is 3.47. The summed E-state index contributed by atoms with van der Waals surface area (Å²) in [6.45, 7) is 1.90. The van der Waals surface area contributed by atoms with E-state index in [0.29, 0.717) is 0 Å². The van der Waals surface area contributed by atoms with Crippen LogP contribution in [-0.4, -0.2) is 53.9 Å². The van der Waals surface area contributed by atoms with Gasteiger partial charge in [0.1, 0.15) is 0 Å². The van der Waals surface area contributed by atoms with E-state index < -0.39 is 5.82 Å². The molecule has 0 aliphatic carbocycles. The molecule has 1 aliphatic heterocycles. The van der Waals surface area contributed by atoms with E-state index >= 15 is 0 Å². The fourth-order valence-electron chi connectivity index (χ4n) is 2.36. The first-order chi connectivity index (χ1) is 8.59. The fourth-order valence-corrected chi connectivity index (χ4v) is 2.36. The minimum absolute atomic E-state index is 0.0979. The molecule has 5 heteroatoms. The molecule has 1 unspecified atom stereocenters. The number of hydrogen-bond donors (Lipinski definition) is 0. The Morgan fingerprint density at radius 3 is 3.06 bits per heavy atom. The largest absolute Gasteiger partial charge is 0.337 e. The molecule has 0 aromatic carbocycles. The standard InChI is InChI=1S/C13H18FN3O/c1-16-7-3-4-10(9-16)17(2)13(18)11-5-6-15-8-12(11)14/h5-6,8,10H,3-4,7,9H2,1-2H3. The third kappa shape index (κ3) is 2.67. The molecule has 98 valence electrons. The zero-order valence-corrected chi connectivity index (χ0v) is 10.8. The predicted molar refractivity (Wildman–Crippen MR) is 66.8 cm³/mol. The number of rotatable bonds is 2. The molecule has 1 atom stereocenters. The lowest BCUT2D eigenvalue weighted by Crippen LogP contribution is -2.47. The number of aromatic nitrogens is 1. The molecule has 2 heterocycles. The van der Waals surface area contributed by atoms with Gasteiger partial charge in [0.2, 0.25) is 0 Å². The van der Waals surface area contributed by atoms with Gasteiger partial charge in [-0.05, 0) is 32.5 Å². The average Bonchev–Trinajstić information content (AvgIpc) is 2.37. The van der Waals surface area contributed by atoms with Crippen LogP contribution < -0.4 is 0 Å². The van der Waals surface area contributed by atoms with E-state index in [4.69, 9.17) is 0 Å². The highest BCUT2D eigenvalue weighted by Crippen LogP contribution is 2.16. The van der Waals surface area contributed by atoms with Gasteiger partial charge in [-0.2, -0.15) is 0 Å². The van der Waals surface area contributed by atoms with Crippen molar-refractivity contribution in [2.24, 2.45) is 0 Å². The van der Waals surface area contributed by atoms with Crippen LogP contribution in [0.1, 0.15) is 23.2 Å². The summed E-state index contributed by atoms with van der Waals surface area (Å²) in [4.78, 5) is 19.7. The number of pyridine rings is 1. The molecule has 1 aromatic rings. The lowest BCUT2D eigenvalue weighted by Gasteiger charge is -2.35. The van der Waals surface area contributed by atoms with E-state index in [2.05, 4.69) is 9.88 Å². The fraction of sp³-hybridized carbons (Fsp3) is 0.538. The maximum atomic E-state index is 13.5. The first-order valence-corrected chi connectivity index (χ1v) is 6.15. The van der Waals surface area contributed by atoms with E-state index in [0.717, 1.165) is 32.1 Å². The maximum Gasteiger partial charge on any atom is 0.256 e. The lowest BCUT2D eigenvalue weighted by molar-refractivity contribution is 0.0639. The number of likely N-dealkylation sites (N-methyl/N-ethyl adjacent to an activating group) is 2. The van der Waals surface area contributed by atoms with Crippen molar-refractivity contribution in [3.05, 3.63) is 29.8 Å². The Kier molecular flexibility index (Phi) is 3.91. The summed E-state index contributed by atoms with van der Waals surface area (Å²) in [6, 6.07) is 1.59. The molecule has 1 aromatic heterocycles. The van der Waals surface area contributed by atoms with Crippen LogP contribution in [0.25, 0.3) is 0 Å². The number of hydrogen-bond acceptors (Lipinski definition) is 3. The molecule has 2 rings (SSSR count). The van der Waals surface area contributed by atoms with Crippen molar-refractivity contribution in [2.75, 3.05) is 27.2 Å². The summed E-state index contributed by atoms with van der Waals surface area (Å²) in [6.07, 6.45) is 4.56. The number of carbonyl (C=O) groups excluding carboxylic acids is 1. The average molecular weight is 251 g/mol. The highest BCUT2D eigenvalue weighted by molar-refractivity contribution is 5.94. The van der Waals surface area contributed by atoms with Crippen LogP contribution in [0.15, 0.2) is 18.5 Å². The Morgan fingerprint density at radius 2 is 2.39 bits per heavy atom. The van der Waals surface area contributed by atoms with Crippen molar-refractivity contribution in [3.8, 4) is 0 Å². The molecule has 18 heavy (non-hydrogen) atoms. The van der Waals surface area contributed by atoms with Crippen LogP contribution in [-0.2, 0) is 0 Å². The molecule has 0 radical (unpaired) electrons. The van der Waals surface area contributed by atoms with Crippen molar-refractivity contribution in [1.29, 1.82) is 0 Å². The van der Waals surface area contributed by atoms with E-state index in [9.17, 15) is 9.18 Å². The topological polar surface area (TPSA) is 36.4 Å². The summed E-state index contributed by atoms with van der Waals surface area (Å²) >= 11 is 0. The Bertz CT molecular complexity index is 438. The number of likely N-dealkylation sites (tertiary alicyclic amines) is 1. The van der Waals surface area contributed by atoms with Crippen LogP contribution in [0.3, 0.4) is 0 Å². The highest BCUT2D eigenvalue weighted by atomic mass is 19.1. The first kappa shape index (κ1) is 13.0. The zero-order valence-electron chi connectivity index (χ0n) is 10.8. The Balaban J connectivity index is 2.11. The molecule has 4 nitrogen and oxygen atoms in total. The second kappa shape index (κ2) is 5.44. The highest BCUT2D eigenvalue weighted by Gasteiger charge is 2.26.